The summed E-state index contributed by atoms with van der Waals surface area (Å²) in [6, 6.07) is 17.0. The van der Waals surface area contributed by atoms with Crippen molar-refractivity contribution < 1.29 is 9.32 Å². The van der Waals surface area contributed by atoms with Gasteiger partial charge < -0.3 is 9.42 Å². The number of amides is 1. The van der Waals surface area contributed by atoms with Gasteiger partial charge in [-0.3, -0.25) is 14.7 Å². The average Bonchev–Trinajstić information content (AvgIpc) is 3.34. The van der Waals surface area contributed by atoms with Gasteiger partial charge in [0.25, 0.3) is 5.91 Å². The van der Waals surface area contributed by atoms with Crippen molar-refractivity contribution in [2.45, 2.75) is 51.6 Å². The molecule has 1 aromatic carbocycles. The summed E-state index contributed by atoms with van der Waals surface area (Å²) in [5.41, 5.74) is 2.99. The van der Waals surface area contributed by atoms with Crippen molar-refractivity contribution in [3.63, 3.8) is 0 Å². The minimum absolute atomic E-state index is 0.0209. The van der Waals surface area contributed by atoms with E-state index in [4.69, 9.17) is 4.52 Å². The van der Waals surface area contributed by atoms with Crippen molar-refractivity contribution in [3.05, 3.63) is 83.5 Å². The Kier molecular flexibility index (Phi) is 7.55. The Morgan fingerprint density at radius 1 is 1.12 bits per heavy atom. The van der Waals surface area contributed by atoms with Crippen LogP contribution in [0.25, 0.3) is 0 Å². The summed E-state index contributed by atoms with van der Waals surface area (Å²) in [5, 5.41) is 4.02. The highest BCUT2D eigenvalue weighted by Gasteiger charge is 2.32. The monoisotopic (exact) mass is 446 g/mol. The third-order valence-electron chi connectivity index (χ3n) is 6.70. The molecular formula is C27H34N4O2. The Bertz CT molecular complexity index is 1010. The zero-order valence-electron chi connectivity index (χ0n) is 19.9. The molecular weight excluding hydrogens is 412 g/mol. The van der Waals surface area contributed by atoms with E-state index in [2.05, 4.69) is 58.5 Å². The molecule has 0 saturated carbocycles. The van der Waals surface area contributed by atoms with E-state index in [-0.39, 0.29) is 11.8 Å². The highest BCUT2D eigenvalue weighted by atomic mass is 16.5. The van der Waals surface area contributed by atoms with E-state index in [1.807, 2.05) is 37.2 Å². The van der Waals surface area contributed by atoms with Crippen LogP contribution in [0.4, 0.5) is 0 Å². The third-order valence-corrected chi connectivity index (χ3v) is 6.70. The van der Waals surface area contributed by atoms with Crippen LogP contribution in [0.2, 0.25) is 0 Å². The summed E-state index contributed by atoms with van der Waals surface area (Å²) in [7, 11) is 2.21. The fraction of sp³-hybridized carbons (Fsp3) is 0.444. The average molecular weight is 447 g/mol. The van der Waals surface area contributed by atoms with Gasteiger partial charge in [0, 0.05) is 50.1 Å². The molecule has 2 aromatic heterocycles. The topological polar surface area (TPSA) is 62.5 Å². The van der Waals surface area contributed by atoms with E-state index >= 15 is 0 Å². The molecule has 174 valence electrons. The van der Waals surface area contributed by atoms with E-state index in [1.54, 1.807) is 6.07 Å². The van der Waals surface area contributed by atoms with Crippen LogP contribution in [-0.2, 0) is 13.0 Å². The molecule has 6 nitrogen and oxygen atoms in total. The Labute approximate surface area is 196 Å². The lowest BCUT2D eigenvalue weighted by Gasteiger charge is -2.40. The SMILES string of the molecule is CC(C)c1cc(C(=O)N2CCC([C@H](Cc3ccccc3)N(C)Cc3cccnc3)CC2)no1. The normalized spacial score (nSPS) is 15.8. The fourth-order valence-electron chi connectivity index (χ4n) is 4.75. The second kappa shape index (κ2) is 10.8. The van der Waals surface area contributed by atoms with E-state index in [1.165, 1.54) is 11.1 Å². The zero-order valence-corrected chi connectivity index (χ0v) is 19.9. The largest absolute Gasteiger partial charge is 0.360 e. The molecule has 6 heteroatoms. The smallest absolute Gasteiger partial charge is 0.276 e. The van der Waals surface area contributed by atoms with Gasteiger partial charge >= 0.3 is 0 Å². The summed E-state index contributed by atoms with van der Waals surface area (Å²) in [6.07, 6.45) is 6.72. The number of benzene rings is 1. The number of likely N-dealkylation sites (tertiary alicyclic amines) is 1. The number of carbonyl (C=O) groups excluding carboxylic acids is 1. The zero-order chi connectivity index (χ0) is 23.2. The van der Waals surface area contributed by atoms with Gasteiger partial charge in [0.1, 0.15) is 5.76 Å². The molecule has 0 bridgehead atoms. The number of hydrogen-bond donors (Lipinski definition) is 0. The minimum Gasteiger partial charge on any atom is -0.360 e. The number of carbonyl (C=O) groups is 1. The minimum atomic E-state index is -0.0209. The summed E-state index contributed by atoms with van der Waals surface area (Å²) < 4.78 is 5.34. The summed E-state index contributed by atoms with van der Waals surface area (Å²) in [5.74, 6) is 1.47. The molecule has 0 aliphatic carbocycles. The van der Waals surface area contributed by atoms with Crippen molar-refractivity contribution >= 4 is 5.91 Å². The molecule has 0 N–H and O–H groups in total. The van der Waals surface area contributed by atoms with E-state index in [9.17, 15) is 4.79 Å². The maximum absolute atomic E-state index is 13.0. The third kappa shape index (κ3) is 5.88. The molecule has 1 aliphatic rings. The predicted octanol–water partition coefficient (Wildman–Crippen LogP) is 4.79. The van der Waals surface area contributed by atoms with E-state index < -0.39 is 0 Å². The summed E-state index contributed by atoms with van der Waals surface area (Å²) in [4.78, 5) is 21.6. The molecule has 3 heterocycles. The molecule has 1 fully saturated rings. The molecule has 0 unspecified atom stereocenters. The van der Waals surface area contributed by atoms with Crippen LogP contribution >= 0.6 is 0 Å². The molecule has 1 atom stereocenters. The van der Waals surface area contributed by atoms with Crippen molar-refractivity contribution in [2.75, 3.05) is 20.1 Å². The van der Waals surface area contributed by atoms with Crippen molar-refractivity contribution in [2.24, 2.45) is 5.92 Å². The van der Waals surface area contributed by atoms with Crippen LogP contribution < -0.4 is 0 Å². The quantitative estimate of drug-likeness (QED) is 0.498. The Hall–Kier alpha value is -2.99. The molecule has 1 aliphatic heterocycles. The second-order valence-corrected chi connectivity index (χ2v) is 9.43. The van der Waals surface area contributed by atoms with Crippen LogP contribution in [0.1, 0.15) is 60.0 Å². The predicted molar refractivity (Wildman–Crippen MR) is 129 cm³/mol. The maximum atomic E-state index is 13.0. The number of likely N-dealkylation sites (N-methyl/N-ethyl adjacent to an activating group) is 1. The van der Waals surface area contributed by atoms with Crippen LogP contribution in [0.5, 0.6) is 0 Å². The second-order valence-electron chi connectivity index (χ2n) is 9.43. The molecule has 33 heavy (non-hydrogen) atoms. The van der Waals surface area contributed by atoms with Gasteiger partial charge in [-0.05, 0) is 49.4 Å². The van der Waals surface area contributed by atoms with E-state index in [0.29, 0.717) is 17.7 Å². The highest BCUT2D eigenvalue weighted by Crippen LogP contribution is 2.28. The van der Waals surface area contributed by atoms with E-state index in [0.717, 1.165) is 44.7 Å². The Morgan fingerprint density at radius 2 is 1.85 bits per heavy atom. The lowest BCUT2D eigenvalue weighted by atomic mass is 9.84. The number of hydrogen-bond acceptors (Lipinski definition) is 5. The Balaban J connectivity index is 1.43. The first-order valence-electron chi connectivity index (χ1n) is 11.9. The van der Waals surface area contributed by atoms with Crippen molar-refractivity contribution in [1.82, 2.24) is 19.9 Å². The number of pyridine rings is 1. The summed E-state index contributed by atoms with van der Waals surface area (Å²) >= 11 is 0. The first-order chi connectivity index (χ1) is 16.0. The van der Waals surface area contributed by atoms with Gasteiger partial charge in [-0.25, -0.2) is 0 Å². The van der Waals surface area contributed by atoms with Crippen LogP contribution in [0.15, 0.2) is 65.4 Å². The number of aromatic nitrogens is 2. The van der Waals surface area contributed by atoms with Gasteiger partial charge in [0.2, 0.25) is 0 Å². The van der Waals surface area contributed by atoms with Crippen LogP contribution in [0.3, 0.4) is 0 Å². The highest BCUT2D eigenvalue weighted by molar-refractivity contribution is 5.92. The molecule has 1 saturated heterocycles. The Morgan fingerprint density at radius 3 is 2.48 bits per heavy atom. The lowest BCUT2D eigenvalue weighted by molar-refractivity contribution is 0.0593. The van der Waals surface area contributed by atoms with Gasteiger partial charge in [-0.15, -0.1) is 0 Å². The first kappa shape index (κ1) is 23.2. The van der Waals surface area contributed by atoms with Gasteiger partial charge in [-0.2, -0.15) is 0 Å². The molecule has 0 radical (unpaired) electrons. The maximum Gasteiger partial charge on any atom is 0.276 e. The summed E-state index contributed by atoms with van der Waals surface area (Å²) in [6.45, 7) is 6.44. The van der Waals surface area contributed by atoms with Crippen LogP contribution in [0, 0.1) is 5.92 Å². The molecule has 3 aromatic rings. The standard InChI is InChI=1S/C27H34N4O2/c1-20(2)26-17-24(29-33-26)27(32)31-14-11-23(12-15-31)25(16-21-8-5-4-6-9-21)30(3)19-22-10-7-13-28-18-22/h4-10,13,17-18,20,23,25H,11-12,14-16,19H2,1-3H3/t25-/m0/s1. The number of nitrogens with zero attached hydrogens (tertiary/aromatic N) is 4. The fourth-order valence-corrected chi connectivity index (χ4v) is 4.75. The number of piperidine rings is 1. The van der Waals surface area contributed by atoms with Crippen molar-refractivity contribution in [1.29, 1.82) is 0 Å². The molecule has 1 amide bonds. The van der Waals surface area contributed by atoms with Gasteiger partial charge in [0.15, 0.2) is 5.69 Å². The van der Waals surface area contributed by atoms with Gasteiger partial charge in [0.05, 0.1) is 0 Å². The molecule has 0 spiro atoms. The number of rotatable bonds is 8. The first-order valence-corrected chi connectivity index (χ1v) is 11.9. The lowest BCUT2D eigenvalue weighted by Crippen LogP contribution is -2.46. The van der Waals surface area contributed by atoms with Crippen LogP contribution in [-0.4, -0.2) is 52.0 Å². The molecule has 4 rings (SSSR count). The van der Waals surface area contributed by atoms with Gasteiger partial charge in [-0.1, -0.05) is 55.4 Å². The van der Waals surface area contributed by atoms with Crippen molar-refractivity contribution in [3.8, 4) is 0 Å².